The number of amides is 2. The third kappa shape index (κ3) is 5.18. The molecule has 0 unspecified atom stereocenters. The maximum Gasteiger partial charge on any atom is 0.254 e. The standard InChI is InChI=1S/C19H27FN2O3/c1-3-5-7-18(23)21-10-6-11-22(13-12-21)19(24)15-8-9-17(25-4-2)16(20)14-15/h8-9,14H,3-7,10-13H2,1-2H3. The third-order valence-corrected chi connectivity index (χ3v) is 4.36. The Balaban J connectivity index is 1.98. The number of carbonyl (C=O) groups excluding carboxylic acids is 2. The minimum Gasteiger partial charge on any atom is -0.491 e. The number of carbonyl (C=O) groups is 2. The van der Waals surface area contributed by atoms with Crippen LogP contribution in [0.2, 0.25) is 0 Å². The Labute approximate surface area is 148 Å². The molecule has 2 rings (SSSR count). The highest BCUT2D eigenvalue weighted by Crippen LogP contribution is 2.20. The fourth-order valence-corrected chi connectivity index (χ4v) is 2.95. The van der Waals surface area contributed by atoms with E-state index in [-0.39, 0.29) is 17.6 Å². The molecule has 0 bridgehead atoms. The molecule has 1 aromatic carbocycles. The van der Waals surface area contributed by atoms with Gasteiger partial charge in [-0.2, -0.15) is 0 Å². The Morgan fingerprint density at radius 1 is 1.12 bits per heavy atom. The molecule has 25 heavy (non-hydrogen) atoms. The number of hydrogen-bond donors (Lipinski definition) is 0. The highest BCUT2D eigenvalue weighted by molar-refractivity contribution is 5.94. The van der Waals surface area contributed by atoms with Crippen LogP contribution in [0.15, 0.2) is 18.2 Å². The van der Waals surface area contributed by atoms with Gasteiger partial charge in [-0.15, -0.1) is 0 Å². The topological polar surface area (TPSA) is 49.9 Å². The van der Waals surface area contributed by atoms with E-state index in [1.165, 1.54) is 12.1 Å². The summed E-state index contributed by atoms with van der Waals surface area (Å²) in [5.41, 5.74) is 0.312. The van der Waals surface area contributed by atoms with Crippen molar-refractivity contribution in [3.63, 3.8) is 0 Å². The number of benzene rings is 1. The van der Waals surface area contributed by atoms with Gasteiger partial charge in [0.2, 0.25) is 5.91 Å². The highest BCUT2D eigenvalue weighted by Gasteiger charge is 2.23. The van der Waals surface area contributed by atoms with Gasteiger partial charge in [-0.25, -0.2) is 4.39 Å². The van der Waals surface area contributed by atoms with Crippen molar-refractivity contribution < 1.29 is 18.7 Å². The van der Waals surface area contributed by atoms with Gasteiger partial charge >= 0.3 is 0 Å². The van der Waals surface area contributed by atoms with Gasteiger partial charge in [0.1, 0.15) is 0 Å². The summed E-state index contributed by atoms with van der Waals surface area (Å²) in [6.07, 6.45) is 3.19. The summed E-state index contributed by atoms with van der Waals surface area (Å²) in [6.45, 7) is 6.47. The molecule has 1 saturated heterocycles. The first-order valence-electron chi connectivity index (χ1n) is 9.06. The third-order valence-electron chi connectivity index (χ3n) is 4.36. The molecule has 0 aliphatic carbocycles. The van der Waals surface area contributed by atoms with E-state index in [0.29, 0.717) is 44.8 Å². The summed E-state index contributed by atoms with van der Waals surface area (Å²) in [6, 6.07) is 4.30. The van der Waals surface area contributed by atoms with E-state index in [9.17, 15) is 14.0 Å². The summed E-state index contributed by atoms with van der Waals surface area (Å²) >= 11 is 0. The van der Waals surface area contributed by atoms with Gasteiger partial charge in [0.05, 0.1) is 6.61 Å². The number of nitrogens with zero attached hydrogens (tertiary/aromatic N) is 2. The minimum absolute atomic E-state index is 0.155. The Bertz CT molecular complexity index is 606. The zero-order valence-corrected chi connectivity index (χ0v) is 15.1. The number of halogens is 1. The Morgan fingerprint density at radius 2 is 1.84 bits per heavy atom. The zero-order valence-electron chi connectivity index (χ0n) is 15.1. The largest absolute Gasteiger partial charge is 0.491 e. The van der Waals surface area contributed by atoms with Crippen LogP contribution < -0.4 is 4.74 Å². The molecule has 0 atom stereocenters. The molecule has 0 spiro atoms. The number of ether oxygens (including phenoxy) is 1. The van der Waals surface area contributed by atoms with Crippen LogP contribution in [-0.4, -0.2) is 54.4 Å². The SMILES string of the molecule is CCCCC(=O)N1CCCN(C(=O)c2ccc(OCC)c(F)c2)CC1. The van der Waals surface area contributed by atoms with Crippen LogP contribution >= 0.6 is 0 Å². The molecule has 2 amide bonds. The van der Waals surface area contributed by atoms with Gasteiger partial charge in [0.15, 0.2) is 11.6 Å². The molecular formula is C19H27FN2O3. The van der Waals surface area contributed by atoms with Crippen LogP contribution in [0.3, 0.4) is 0 Å². The summed E-state index contributed by atoms with van der Waals surface area (Å²) in [7, 11) is 0. The van der Waals surface area contributed by atoms with Crippen molar-refractivity contribution in [1.82, 2.24) is 9.80 Å². The fourth-order valence-electron chi connectivity index (χ4n) is 2.95. The smallest absolute Gasteiger partial charge is 0.254 e. The Morgan fingerprint density at radius 3 is 2.52 bits per heavy atom. The van der Waals surface area contributed by atoms with Gasteiger partial charge in [0, 0.05) is 38.2 Å². The molecule has 1 aliphatic heterocycles. The number of hydrogen-bond acceptors (Lipinski definition) is 3. The first-order valence-corrected chi connectivity index (χ1v) is 9.06. The molecule has 0 saturated carbocycles. The Hall–Kier alpha value is -2.11. The van der Waals surface area contributed by atoms with Crippen LogP contribution in [0, 0.1) is 5.82 Å². The molecule has 6 heteroatoms. The first-order chi connectivity index (χ1) is 12.1. The molecule has 0 aromatic heterocycles. The molecule has 1 heterocycles. The van der Waals surface area contributed by atoms with Crippen molar-refractivity contribution in [2.24, 2.45) is 0 Å². The lowest BCUT2D eigenvalue weighted by atomic mass is 10.1. The van der Waals surface area contributed by atoms with Crippen molar-refractivity contribution in [2.45, 2.75) is 39.5 Å². The van der Waals surface area contributed by atoms with E-state index in [2.05, 4.69) is 6.92 Å². The first kappa shape index (κ1) is 19.2. The normalized spacial score (nSPS) is 15.0. The van der Waals surface area contributed by atoms with Gasteiger partial charge in [-0.1, -0.05) is 13.3 Å². The summed E-state index contributed by atoms with van der Waals surface area (Å²) in [4.78, 5) is 28.3. The predicted molar refractivity (Wildman–Crippen MR) is 94.2 cm³/mol. The molecule has 1 aliphatic rings. The van der Waals surface area contributed by atoms with Crippen molar-refractivity contribution in [3.05, 3.63) is 29.6 Å². The van der Waals surface area contributed by atoms with Crippen LogP contribution in [0.4, 0.5) is 4.39 Å². The van der Waals surface area contributed by atoms with Crippen molar-refractivity contribution in [2.75, 3.05) is 32.8 Å². The molecule has 1 fully saturated rings. The molecule has 5 nitrogen and oxygen atoms in total. The summed E-state index contributed by atoms with van der Waals surface area (Å²) in [5.74, 6) is -0.422. The van der Waals surface area contributed by atoms with E-state index in [1.54, 1.807) is 17.9 Å². The van der Waals surface area contributed by atoms with Gasteiger partial charge in [-0.3, -0.25) is 9.59 Å². The monoisotopic (exact) mass is 350 g/mol. The van der Waals surface area contributed by atoms with E-state index < -0.39 is 5.82 Å². The van der Waals surface area contributed by atoms with Gasteiger partial charge in [-0.05, 0) is 38.0 Å². The lowest BCUT2D eigenvalue weighted by molar-refractivity contribution is -0.131. The van der Waals surface area contributed by atoms with Crippen molar-refractivity contribution in [3.8, 4) is 5.75 Å². The van der Waals surface area contributed by atoms with Crippen LogP contribution in [0.25, 0.3) is 0 Å². The van der Waals surface area contributed by atoms with Gasteiger partial charge < -0.3 is 14.5 Å². The second kappa shape index (κ2) is 9.39. The second-order valence-corrected chi connectivity index (χ2v) is 6.21. The summed E-state index contributed by atoms with van der Waals surface area (Å²) < 4.78 is 19.1. The second-order valence-electron chi connectivity index (χ2n) is 6.21. The molecule has 0 N–H and O–H groups in total. The lowest BCUT2D eigenvalue weighted by Gasteiger charge is -2.22. The van der Waals surface area contributed by atoms with E-state index in [1.807, 2.05) is 4.90 Å². The molecule has 1 aromatic rings. The van der Waals surface area contributed by atoms with Gasteiger partial charge in [0.25, 0.3) is 5.91 Å². The number of rotatable bonds is 6. The highest BCUT2D eigenvalue weighted by atomic mass is 19.1. The quantitative estimate of drug-likeness (QED) is 0.792. The average molecular weight is 350 g/mol. The van der Waals surface area contributed by atoms with E-state index in [0.717, 1.165) is 19.3 Å². The van der Waals surface area contributed by atoms with Crippen LogP contribution in [-0.2, 0) is 4.79 Å². The lowest BCUT2D eigenvalue weighted by Crippen LogP contribution is -2.37. The zero-order chi connectivity index (χ0) is 18.2. The van der Waals surface area contributed by atoms with E-state index >= 15 is 0 Å². The Kier molecular flexibility index (Phi) is 7.22. The van der Waals surface area contributed by atoms with Crippen LogP contribution in [0.5, 0.6) is 5.75 Å². The average Bonchev–Trinajstić information content (AvgIpc) is 2.87. The summed E-state index contributed by atoms with van der Waals surface area (Å²) in [5, 5.41) is 0. The van der Waals surface area contributed by atoms with E-state index in [4.69, 9.17) is 4.74 Å². The van der Waals surface area contributed by atoms with Crippen LogP contribution in [0.1, 0.15) is 49.9 Å². The minimum atomic E-state index is -0.529. The molecule has 0 radical (unpaired) electrons. The fraction of sp³-hybridized carbons (Fsp3) is 0.579. The molecular weight excluding hydrogens is 323 g/mol. The predicted octanol–water partition coefficient (Wildman–Crippen LogP) is 3.09. The maximum absolute atomic E-state index is 14.0. The maximum atomic E-state index is 14.0. The number of unbranched alkanes of at least 4 members (excludes halogenated alkanes) is 1. The molecule has 138 valence electrons. The van der Waals surface area contributed by atoms with Crippen molar-refractivity contribution in [1.29, 1.82) is 0 Å². The van der Waals surface area contributed by atoms with Crippen molar-refractivity contribution >= 4 is 11.8 Å².